The molecule has 0 radical (unpaired) electrons. The number of fused-ring (bicyclic) bond motifs is 3. The number of nitrogens with one attached hydrogen (secondary N) is 1. The highest BCUT2D eigenvalue weighted by Crippen LogP contribution is 2.39. The third-order valence-corrected chi connectivity index (χ3v) is 6.16. The predicted molar refractivity (Wildman–Crippen MR) is 105 cm³/mol. The summed E-state index contributed by atoms with van der Waals surface area (Å²) in [6.07, 6.45) is 5.01. The van der Waals surface area contributed by atoms with E-state index >= 15 is 0 Å². The summed E-state index contributed by atoms with van der Waals surface area (Å²) in [5.74, 6) is 1.42. The van der Waals surface area contributed by atoms with Crippen molar-refractivity contribution in [3.8, 4) is 5.95 Å². The Kier molecular flexibility index (Phi) is 4.67. The molecule has 26 heavy (non-hydrogen) atoms. The second-order valence-electron chi connectivity index (χ2n) is 7.05. The van der Waals surface area contributed by atoms with E-state index in [1.165, 1.54) is 23.3 Å². The van der Waals surface area contributed by atoms with E-state index in [2.05, 4.69) is 10.4 Å². The fraction of sp³-hybridized carbons (Fsp3) is 0.526. The quantitative estimate of drug-likeness (QED) is 0.717. The van der Waals surface area contributed by atoms with Gasteiger partial charge in [0.05, 0.1) is 17.2 Å². The highest BCUT2D eigenvalue weighted by atomic mass is 32.1. The summed E-state index contributed by atoms with van der Waals surface area (Å²) in [6.45, 7) is 6.46. The van der Waals surface area contributed by atoms with E-state index in [-0.39, 0.29) is 6.10 Å². The molecule has 3 heterocycles. The number of nitrogens with zero attached hydrogens (tertiary/aromatic N) is 4. The molecule has 1 aliphatic rings. The third-order valence-electron chi connectivity index (χ3n) is 4.98. The molecule has 1 atom stereocenters. The van der Waals surface area contributed by atoms with E-state index < -0.39 is 0 Å². The first kappa shape index (κ1) is 17.4. The molecule has 0 amide bonds. The number of hydrogen-bond acceptors (Lipinski definition) is 6. The molecule has 0 bridgehead atoms. The molecule has 0 saturated carbocycles. The van der Waals surface area contributed by atoms with Gasteiger partial charge in [0.15, 0.2) is 0 Å². The third kappa shape index (κ3) is 3.10. The van der Waals surface area contributed by atoms with Crippen molar-refractivity contribution in [2.75, 3.05) is 11.9 Å². The highest BCUT2D eigenvalue weighted by molar-refractivity contribution is 7.19. The summed E-state index contributed by atoms with van der Waals surface area (Å²) in [5, 5.41) is 19.0. The number of rotatable bonds is 5. The van der Waals surface area contributed by atoms with Crippen LogP contribution in [-0.2, 0) is 12.8 Å². The van der Waals surface area contributed by atoms with Gasteiger partial charge in [-0.15, -0.1) is 11.3 Å². The fourth-order valence-electron chi connectivity index (χ4n) is 3.56. The number of thiophene rings is 1. The summed E-state index contributed by atoms with van der Waals surface area (Å²) < 4.78 is 1.80. The molecule has 6 nitrogen and oxygen atoms in total. The molecule has 138 valence electrons. The molecular weight excluding hydrogens is 346 g/mol. The van der Waals surface area contributed by atoms with Gasteiger partial charge in [-0.25, -0.2) is 4.68 Å². The Bertz CT molecular complexity index is 945. The van der Waals surface area contributed by atoms with Crippen LogP contribution < -0.4 is 5.32 Å². The van der Waals surface area contributed by atoms with Gasteiger partial charge in [-0.1, -0.05) is 6.92 Å². The number of anilines is 1. The van der Waals surface area contributed by atoms with Crippen molar-refractivity contribution >= 4 is 27.4 Å². The zero-order valence-electron chi connectivity index (χ0n) is 15.5. The van der Waals surface area contributed by atoms with Crippen molar-refractivity contribution in [1.82, 2.24) is 19.7 Å². The molecule has 1 aliphatic carbocycles. The summed E-state index contributed by atoms with van der Waals surface area (Å²) >= 11 is 1.78. The first-order valence-corrected chi connectivity index (χ1v) is 10.2. The molecule has 3 aromatic rings. The average molecular weight is 372 g/mol. The van der Waals surface area contributed by atoms with Crippen LogP contribution in [0.25, 0.3) is 16.2 Å². The van der Waals surface area contributed by atoms with E-state index in [1.807, 2.05) is 26.8 Å². The normalized spacial score (nSPS) is 15.2. The van der Waals surface area contributed by atoms with E-state index in [0.717, 1.165) is 40.3 Å². The Morgan fingerprint density at radius 3 is 2.81 bits per heavy atom. The predicted octanol–water partition coefficient (Wildman–Crippen LogP) is 3.56. The Morgan fingerprint density at radius 2 is 2.08 bits per heavy atom. The van der Waals surface area contributed by atoms with Crippen molar-refractivity contribution < 1.29 is 5.11 Å². The molecule has 0 spiro atoms. The van der Waals surface area contributed by atoms with Crippen LogP contribution in [0, 0.1) is 13.8 Å². The van der Waals surface area contributed by atoms with E-state index in [9.17, 15) is 5.11 Å². The van der Waals surface area contributed by atoms with Crippen molar-refractivity contribution in [3.05, 3.63) is 27.9 Å². The van der Waals surface area contributed by atoms with Crippen LogP contribution in [0.5, 0.6) is 0 Å². The highest BCUT2D eigenvalue weighted by Gasteiger charge is 2.22. The van der Waals surface area contributed by atoms with E-state index in [1.54, 1.807) is 16.0 Å². The van der Waals surface area contributed by atoms with Gasteiger partial charge < -0.3 is 10.4 Å². The Morgan fingerprint density at radius 1 is 1.27 bits per heavy atom. The minimum atomic E-state index is -0.383. The van der Waals surface area contributed by atoms with Gasteiger partial charge in [0, 0.05) is 17.1 Å². The van der Waals surface area contributed by atoms with Crippen molar-refractivity contribution in [2.45, 2.75) is 59.0 Å². The monoisotopic (exact) mass is 371 g/mol. The summed E-state index contributed by atoms with van der Waals surface area (Å²) in [5.41, 5.74) is 3.36. The molecule has 0 fully saturated rings. The lowest BCUT2D eigenvalue weighted by atomic mass is 9.97. The molecule has 0 aliphatic heterocycles. The number of aryl methyl sites for hydroxylation is 4. The van der Waals surface area contributed by atoms with Gasteiger partial charge in [0.2, 0.25) is 0 Å². The van der Waals surface area contributed by atoms with Gasteiger partial charge in [-0.3, -0.25) is 0 Å². The second kappa shape index (κ2) is 6.96. The van der Waals surface area contributed by atoms with Crippen molar-refractivity contribution in [2.24, 2.45) is 0 Å². The molecule has 0 unspecified atom stereocenters. The summed E-state index contributed by atoms with van der Waals surface area (Å²) in [4.78, 5) is 12.1. The number of aliphatic hydroxyl groups is 1. The lowest BCUT2D eigenvalue weighted by molar-refractivity contribution is 0.183. The Labute approximate surface area is 157 Å². The number of aromatic nitrogens is 4. The largest absolute Gasteiger partial charge is 0.391 e. The maximum atomic E-state index is 9.99. The smallest absolute Gasteiger partial charge is 0.254 e. The zero-order chi connectivity index (χ0) is 18.3. The Balaban J connectivity index is 1.86. The minimum absolute atomic E-state index is 0.383. The Hall–Kier alpha value is -1.99. The van der Waals surface area contributed by atoms with Crippen molar-refractivity contribution in [3.63, 3.8) is 0 Å². The minimum Gasteiger partial charge on any atom is -0.391 e. The van der Waals surface area contributed by atoms with Crippen LogP contribution in [-0.4, -0.2) is 37.5 Å². The first-order chi connectivity index (χ1) is 12.6. The van der Waals surface area contributed by atoms with Crippen LogP contribution in [0.3, 0.4) is 0 Å². The van der Waals surface area contributed by atoms with Crippen LogP contribution in [0.4, 0.5) is 5.82 Å². The summed E-state index contributed by atoms with van der Waals surface area (Å²) in [7, 11) is 0. The van der Waals surface area contributed by atoms with Gasteiger partial charge in [-0.2, -0.15) is 15.1 Å². The second-order valence-corrected chi connectivity index (χ2v) is 8.13. The van der Waals surface area contributed by atoms with Crippen LogP contribution >= 0.6 is 11.3 Å². The lowest BCUT2D eigenvalue weighted by Crippen LogP contribution is -2.20. The van der Waals surface area contributed by atoms with Gasteiger partial charge in [-0.05, 0) is 57.6 Å². The summed E-state index contributed by atoms with van der Waals surface area (Å²) in [6, 6.07) is 2.03. The van der Waals surface area contributed by atoms with Gasteiger partial charge in [0.25, 0.3) is 5.95 Å². The van der Waals surface area contributed by atoms with Crippen LogP contribution in [0.15, 0.2) is 6.07 Å². The molecule has 0 saturated heterocycles. The van der Waals surface area contributed by atoms with E-state index in [4.69, 9.17) is 9.97 Å². The molecule has 3 aromatic heterocycles. The average Bonchev–Trinajstić information content (AvgIpc) is 3.18. The molecular formula is C19H25N5OS. The number of aliphatic hydroxyl groups excluding tert-OH is 1. The first-order valence-electron chi connectivity index (χ1n) is 9.34. The SMILES string of the molecule is CC[C@H](O)CNc1nc(-n2nc(C)cc2C)nc2sc3c(c12)CCCC3. The topological polar surface area (TPSA) is 75.9 Å². The number of hydrogen-bond donors (Lipinski definition) is 2. The van der Waals surface area contributed by atoms with Crippen LogP contribution in [0.1, 0.15) is 48.0 Å². The molecule has 7 heteroatoms. The maximum Gasteiger partial charge on any atom is 0.254 e. The lowest BCUT2D eigenvalue weighted by Gasteiger charge is -2.15. The van der Waals surface area contributed by atoms with Gasteiger partial charge in [0.1, 0.15) is 10.6 Å². The zero-order valence-corrected chi connectivity index (χ0v) is 16.4. The fourth-order valence-corrected chi connectivity index (χ4v) is 4.82. The molecule has 2 N–H and O–H groups in total. The van der Waals surface area contributed by atoms with Gasteiger partial charge >= 0.3 is 0 Å². The van der Waals surface area contributed by atoms with Crippen LogP contribution in [0.2, 0.25) is 0 Å². The molecule has 4 rings (SSSR count). The van der Waals surface area contributed by atoms with Crippen molar-refractivity contribution in [1.29, 1.82) is 0 Å². The molecule has 0 aromatic carbocycles. The van der Waals surface area contributed by atoms with E-state index in [0.29, 0.717) is 18.9 Å². The maximum absolute atomic E-state index is 9.99. The standard InChI is InChI=1S/C19H25N5OS/c1-4-13(25)10-20-17-16-14-7-5-6-8-15(14)26-18(16)22-19(21-17)24-12(3)9-11(2)23-24/h9,13,25H,4-8,10H2,1-3H3,(H,20,21,22)/t13-/m0/s1.